The molecule has 17 nitrogen and oxygen atoms in total. The standard InChI is InChI=1S/C54H62ClF3N8O9S2/c1-53(2,3)75-52(69)66-27-25-64(26-28-66)34-35-7-14-43(36-8-10-39(55)11-9-36)45(29-35)49(67)37-18-23-65(24-19-37)40-12-15-44(47(31-40)74-41-30-38-17-21-60-50(38)61-33-41)51(68)62-77(72,73)42-13-16-46(59-20-6-22-63(4)5)48(32-42)76(70,71)54(56,57)58/h7-17,21,29-33,37,49,59,67H,6,18-20,22-28,34H2,1-5H3,(H,60,61)(H,62,68). The van der Waals surface area contributed by atoms with Gasteiger partial charge in [-0.05, 0) is 143 Å². The van der Waals surface area contributed by atoms with Gasteiger partial charge in [0.1, 0.15) is 27.6 Å². The van der Waals surface area contributed by atoms with Crippen molar-refractivity contribution >= 4 is 65.9 Å². The first-order chi connectivity index (χ1) is 36.3. The summed E-state index contributed by atoms with van der Waals surface area (Å²) in [5.74, 6) is -1.26. The lowest BCUT2D eigenvalue weighted by Crippen LogP contribution is -2.49. The fourth-order valence-corrected chi connectivity index (χ4v) is 11.5. The van der Waals surface area contributed by atoms with Gasteiger partial charge in [0.25, 0.3) is 25.8 Å². The van der Waals surface area contributed by atoms with Crippen molar-refractivity contribution in [1.82, 2.24) is 29.4 Å². The van der Waals surface area contributed by atoms with Crippen LogP contribution in [-0.2, 0) is 31.1 Å². The highest BCUT2D eigenvalue weighted by Gasteiger charge is 2.48. The summed E-state index contributed by atoms with van der Waals surface area (Å²) in [6, 6.07) is 23.7. The van der Waals surface area contributed by atoms with Crippen LogP contribution in [0.3, 0.4) is 0 Å². The van der Waals surface area contributed by atoms with Gasteiger partial charge in [0.15, 0.2) is 0 Å². The van der Waals surface area contributed by atoms with Crippen LogP contribution in [0.4, 0.5) is 29.3 Å². The van der Waals surface area contributed by atoms with Crippen molar-refractivity contribution in [1.29, 1.82) is 0 Å². The molecule has 23 heteroatoms. The van der Waals surface area contributed by atoms with Crippen molar-refractivity contribution in [2.45, 2.75) is 73.6 Å². The Morgan fingerprint density at radius 2 is 1.61 bits per heavy atom. The number of alkyl halides is 3. The Hall–Kier alpha value is -6.43. The molecule has 0 bridgehead atoms. The third-order valence-electron chi connectivity index (χ3n) is 13.4. The highest BCUT2D eigenvalue weighted by atomic mass is 35.5. The van der Waals surface area contributed by atoms with E-state index in [0.717, 1.165) is 34.4 Å². The number of anilines is 2. The first-order valence-electron chi connectivity index (χ1n) is 25.0. The number of H-pyrrole nitrogens is 1. The third kappa shape index (κ3) is 13.8. The van der Waals surface area contributed by atoms with Crippen molar-refractivity contribution in [2.75, 3.05) is 76.7 Å². The van der Waals surface area contributed by atoms with E-state index in [9.17, 15) is 44.7 Å². The Kier molecular flexibility index (Phi) is 17.2. The molecule has 8 rings (SSSR count). The Morgan fingerprint density at radius 1 is 0.896 bits per heavy atom. The number of benzene rings is 4. The van der Waals surface area contributed by atoms with Crippen LogP contribution in [0.5, 0.6) is 11.5 Å². The van der Waals surface area contributed by atoms with Gasteiger partial charge in [0.2, 0.25) is 0 Å². The minimum Gasteiger partial charge on any atom is -0.455 e. The predicted molar refractivity (Wildman–Crippen MR) is 288 cm³/mol. The molecule has 4 N–H and O–H groups in total. The molecule has 2 amide bonds. The molecular formula is C54H62ClF3N8O9S2. The molecule has 4 heterocycles. The van der Waals surface area contributed by atoms with Crippen molar-refractivity contribution in [2.24, 2.45) is 5.92 Å². The quantitative estimate of drug-likeness (QED) is 0.0628. The summed E-state index contributed by atoms with van der Waals surface area (Å²) in [4.78, 5) is 39.8. The number of rotatable bonds is 17. The third-order valence-corrected chi connectivity index (χ3v) is 16.5. The summed E-state index contributed by atoms with van der Waals surface area (Å²) in [6.07, 6.45) is 3.44. The molecule has 0 aliphatic carbocycles. The van der Waals surface area contributed by atoms with Gasteiger partial charge in [-0.3, -0.25) is 9.69 Å². The molecule has 1 atom stereocenters. The maximum Gasteiger partial charge on any atom is 0.501 e. The summed E-state index contributed by atoms with van der Waals surface area (Å²) in [7, 11) is -7.49. The largest absolute Gasteiger partial charge is 0.501 e. The molecule has 0 spiro atoms. The Balaban J connectivity index is 1.02. The van der Waals surface area contributed by atoms with Crippen LogP contribution in [0.1, 0.15) is 67.6 Å². The number of aliphatic hydroxyl groups is 1. The molecule has 2 aromatic heterocycles. The minimum atomic E-state index is -6.06. The van der Waals surface area contributed by atoms with Crippen LogP contribution < -0.4 is 19.7 Å². The zero-order valence-electron chi connectivity index (χ0n) is 43.2. The zero-order valence-corrected chi connectivity index (χ0v) is 45.6. The number of fused-ring (bicyclic) bond motifs is 1. The molecule has 2 fully saturated rings. The Bertz CT molecular complexity index is 3320. The number of sulfonamides is 1. The average Bonchev–Trinajstić information content (AvgIpc) is 3.86. The first kappa shape index (κ1) is 56.8. The fraction of sp³-hybridized carbons (Fsp3) is 0.389. The number of nitrogens with zero attached hydrogens (tertiary/aromatic N) is 5. The van der Waals surface area contributed by atoms with Gasteiger partial charge in [0.05, 0.1) is 28.4 Å². The van der Waals surface area contributed by atoms with Crippen LogP contribution in [-0.4, -0.2) is 136 Å². The number of piperidine rings is 1. The number of aromatic nitrogens is 2. The number of hydrogen-bond acceptors (Lipinski definition) is 14. The molecule has 2 saturated heterocycles. The number of nitrogens with one attached hydrogen (secondary N) is 3. The highest BCUT2D eigenvalue weighted by Crippen LogP contribution is 2.41. The van der Waals surface area contributed by atoms with Crippen LogP contribution in [0.2, 0.25) is 5.02 Å². The van der Waals surface area contributed by atoms with E-state index >= 15 is 0 Å². The number of aromatic amines is 1. The van der Waals surface area contributed by atoms with Crippen LogP contribution in [0.15, 0.2) is 113 Å². The van der Waals surface area contributed by atoms with Crippen molar-refractivity contribution in [3.63, 3.8) is 0 Å². The zero-order chi connectivity index (χ0) is 55.5. The lowest BCUT2D eigenvalue weighted by atomic mass is 9.83. The molecule has 1 unspecified atom stereocenters. The van der Waals surface area contributed by atoms with E-state index in [4.69, 9.17) is 21.1 Å². The second kappa shape index (κ2) is 23.3. The van der Waals surface area contributed by atoms with Gasteiger partial charge in [-0.1, -0.05) is 41.9 Å². The number of aliphatic hydroxyl groups excluding tert-OH is 1. The SMILES string of the molecule is CN(C)CCCNc1ccc(S(=O)(=O)NC(=O)c2ccc(N3CCC(C(O)c4cc(CN5CCN(C(=O)OC(C)(C)C)CC5)ccc4-c4ccc(Cl)cc4)CC3)cc2Oc2cnc3[nH]ccc3c2)cc1S(=O)(=O)C(F)(F)F. The van der Waals surface area contributed by atoms with E-state index in [1.807, 2.05) is 65.6 Å². The number of amides is 2. The van der Waals surface area contributed by atoms with Gasteiger partial charge in [-0.25, -0.2) is 31.3 Å². The monoisotopic (exact) mass is 1120 g/mol. The predicted octanol–water partition coefficient (Wildman–Crippen LogP) is 9.45. The summed E-state index contributed by atoms with van der Waals surface area (Å²) in [5.41, 5.74) is -2.38. The maximum absolute atomic E-state index is 14.1. The molecule has 4 aromatic carbocycles. The van der Waals surface area contributed by atoms with E-state index in [0.29, 0.717) is 99.4 Å². The summed E-state index contributed by atoms with van der Waals surface area (Å²) in [5, 5.41) is 16.2. The molecule has 6 aromatic rings. The maximum atomic E-state index is 14.1. The molecular weight excluding hydrogens is 1060 g/mol. The van der Waals surface area contributed by atoms with Crippen LogP contribution in [0.25, 0.3) is 22.2 Å². The summed E-state index contributed by atoms with van der Waals surface area (Å²) in [6.45, 7) is 10.0. The van der Waals surface area contributed by atoms with Gasteiger partial charge >= 0.3 is 11.6 Å². The number of hydrogen-bond donors (Lipinski definition) is 4. The molecule has 77 heavy (non-hydrogen) atoms. The summed E-state index contributed by atoms with van der Waals surface area (Å²) < 4.78 is 109. The number of carbonyl (C=O) groups is 2. The molecule has 2 aliphatic heterocycles. The second-order valence-electron chi connectivity index (χ2n) is 20.4. The second-order valence-corrected chi connectivity index (χ2v) is 24.5. The lowest BCUT2D eigenvalue weighted by Gasteiger charge is -2.37. The van der Waals surface area contributed by atoms with Crippen molar-refractivity contribution in [3.8, 4) is 22.6 Å². The van der Waals surface area contributed by atoms with Gasteiger partial charge in [0, 0.05) is 80.7 Å². The minimum absolute atomic E-state index is 0.0775. The number of halogens is 4. The Morgan fingerprint density at radius 3 is 2.29 bits per heavy atom. The van der Waals surface area contributed by atoms with Gasteiger partial charge in [-0.2, -0.15) is 13.2 Å². The van der Waals surface area contributed by atoms with Crippen molar-refractivity contribution < 1.29 is 54.2 Å². The molecule has 0 radical (unpaired) electrons. The molecule has 412 valence electrons. The Labute approximate surface area is 451 Å². The number of sulfone groups is 1. The number of carbonyl (C=O) groups excluding carboxylic acids is 2. The van der Waals surface area contributed by atoms with Gasteiger partial charge in [-0.15, -0.1) is 0 Å². The van der Waals surface area contributed by atoms with Crippen LogP contribution in [0, 0.1) is 5.92 Å². The first-order valence-corrected chi connectivity index (χ1v) is 28.4. The lowest BCUT2D eigenvalue weighted by molar-refractivity contribution is -0.0436. The summed E-state index contributed by atoms with van der Waals surface area (Å²) >= 11 is 6.28. The van der Waals surface area contributed by atoms with E-state index in [1.54, 1.807) is 49.5 Å². The van der Waals surface area contributed by atoms with E-state index in [-0.39, 0.29) is 35.6 Å². The molecule has 0 saturated carbocycles. The smallest absolute Gasteiger partial charge is 0.455 e. The number of pyridine rings is 1. The normalized spacial score (nSPS) is 15.7. The number of piperazine rings is 1. The topological polar surface area (TPSA) is 207 Å². The van der Waals surface area contributed by atoms with Crippen LogP contribution >= 0.6 is 11.6 Å². The van der Waals surface area contributed by atoms with Crippen molar-refractivity contribution in [3.05, 3.63) is 125 Å². The average molecular weight is 1120 g/mol. The highest BCUT2D eigenvalue weighted by molar-refractivity contribution is 7.92. The molecule has 2 aliphatic rings. The van der Waals surface area contributed by atoms with E-state index in [1.165, 1.54) is 12.3 Å². The van der Waals surface area contributed by atoms with E-state index in [2.05, 4.69) is 32.3 Å². The fourth-order valence-electron chi connectivity index (χ4n) is 9.35. The number of ether oxygens (including phenoxy) is 2. The van der Waals surface area contributed by atoms with E-state index < -0.39 is 58.5 Å². The van der Waals surface area contributed by atoms with Gasteiger partial charge < -0.3 is 39.6 Å².